The highest BCUT2D eigenvalue weighted by molar-refractivity contribution is 5.96. The monoisotopic (exact) mass is 325 g/mol. The van der Waals surface area contributed by atoms with Gasteiger partial charge in [0, 0.05) is 12.1 Å². The maximum absolute atomic E-state index is 11.1. The molecule has 0 saturated heterocycles. The summed E-state index contributed by atoms with van der Waals surface area (Å²) in [5.74, 6) is -2.39. The molecule has 0 aliphatic heterocycles. The molecule has 2 aromatic rings. The number of carboxylic acids is 2. The van der Waals surface area contributed by atoms with Crippen LogP contribution in [0.1, 0.15) is 17.5 Å². The summed E-state index contributed by atoms with van der Waals surface area (Å²) in [6, 6.07) is 15.5. The molecule has 0 amide bonds. The van der Waals surface area contributed by atoms with Crippen LogP contribution < -0.4 is 5.32 Å². The van der Waals surface area contributed by atoms with Gasteiger partial charge in [0.05, 0.1) is 6.42 Å². The van der Waals surface area contributed by atoms with Gasteiger partial charge in [0.2, 0.25) is 0 Å². The van der Waals surface area contributed by atoms with Gasteiger partial charge < -0.3 is 15.5 Å². The van der Waals surface area contributed by atoms with Crippen LogP contribution in [0.3, 0.4) is 0 Å². The molecule has 0 atom stereocenters. The lowest BCUT2D eigenvalue weighted by Gasteiger charge is -2.06. The van der Waals surface area contributed by atoms with Crippen molar-refractivity contribution in [2.24, 2.45) is 0 Å². The van der Waals surface area contributed by atoms with Crippen LogP contribution in [0.2, 0.25) is 0 Å². The molecule has 2 aromatic carbocycles. The highest BCUT2D eigenvalue weighted by atomic mass is 16.4. The Balaban J connectivity index is 2.25. The second kappa shape index (κ2) is 8.08. The third kappa shape index (κ3) is 4.79. The molecular weight excluding hydrogens is 306 g/mol. The predicted octanol–water partition coefficient (Wildman–Crippen LogP) is 3.02. The summed E-state index contributed by atoms with van der Waals surface area (Å²) in [5.41, 5.74) is 3.77. The van der Waals surface area contributed by atoms with Crippen molar-refractivity contribution in [3.63, 3.8) is 0 Å². The fourth-order valence-electron chi connectivity index (χ4n) is 2.39. The third-order valence-electron chi connectivity index (χ3n) is 3.51. The Morgan fingerprint density at radius 1 is 1.04 bits per heavy atom. The van der Waals surface area contributed by atoms with E-state index in [1.165, 1.54) is 11.6 Å². The second-order valence-corrected chi connectivity index (χ2v) is 5.40. The van der Waals surface area contributed by atoms with E-state index in [9.17, 15) is 9.59 Å². The van der Waals surface area contributed by atoms with Crippen LogP contribution in [0.25, 0.3) is 17.2 Å². The average molecular weight is 325 g/mol. The van der Waals surface area contributed by atoms with Crippen LogP contribution in [-0.4, -0.2) is 29.2 Å². The molecule has 0 radical (unpaired) electrons. The maximum Gasteiger partial charge on any atom is 0.332 e. The Labute approximate surface area is 140 Å². The highest BCUT2D eigenvalue weighted by Gasteiger charge is 2.11. The number of carbonyl (C=O) groups is 2. The first-order valence-corrected chi connectivity index (χ1v) is 7.49. The van der Waals surface area contributed by atoms with Crippen molar-refractivity contribution < 1.29 is 19.8 Å². The van der Waals surface area contributed by atoms with Crippen molar-refractivity contribution in [1.82, 2.24) is 5.32 Å². The van der Waals surface area contributed by atoms with E-state index in [2.05, 4.69) is 11.4 Å². The minimum absolute atomic E-state index is 0.147. The highest BCUT2D eigenvalue weighted by Crippen LogP contribution is 2.22. The Hall–Kier alpha value is -2.92. The van der Waals surface area contributed by atoms with Crippen LogP contribution in [0.5, 0.6) is 0 Å². The lowest BCUT2D eigenvalue weighted by Crippen LogP contribution is -2.06. The molecule has 0 aliphatic rings. The Morgan fingerprint density at radius 3 is 2.33 bits per heavy atom. The topological polar surface area (TPSA) is 86.6 Å². The van der Waals surface area contributed by atoms with E-state index >= 15 is 0 Å². The van der Waals surface area contributed by atoms with Crippen LogP contribution in [0.15, 0.2) is 54.1 Å². The summed E-state index contributed by atoms with van der Waals surface area (Å²) in [6.07, 6.45) is 0.876. The predicted molar refractivity (Wildman–Crippen MR) is 92.5 cm³/mol. The van der Waals surface area contributed by atoms with Gasteiger partial charge in [-0.1, -0.05) is 42.5 Å². The number of benzene rings is 2. The van der Waals surface area contributed by atoms with Crippen LogP contribution in [0.4, 0.5) is 0 Å². The molecule has 24 heavy (non-hydrogen) atoms. The van der Waals surface area contributed by atoms with Crippen molar-refractivity contribution >= 4 is 18.0 Å². The Morgan fingerprint density at radius 2 is 1.75 bits per heavy atom. The number of hydrogen-bond acceptors (Lipinski definition) is 3. The first-order valence-electron chi connectivity index (χ1n) is 7.49. The molecule has 0 aromatic heterocycles. The van der Waals surface area contributed by atoms with Crippen LogP contribution in [-0.2, 0) is 16.1 Å². The normalized spacial score (nSPS) is 11.3. The van der Waals surface area contributed by atoms with Gasteiger partial charge in [-0.3, -0.25) is 4.79 Å². The summed E-state index contributed by atoms with van der Waals surface area (Å²) >= 11 is 0. The van der Waals surface area contributed by atoms with Crippen LogP contribution >= 0.6 is 0 Å². The van der Waals surface area contributed by atoms with E-state index in [0.717, 1.165) is 17.7 Å². The zero-order chi connectivity index (χ0) is 17.5. The van der Waals surface area contributed by atoms with Crippen molar-refractivity contribution in [3.05, 3.63) is 65.2 Å². The Bertz CT molecular complexity index is 763. The van der Waals surface area contributed by atoms with Gasteiger partial charge in [0.15, 0.2) is 0 Å². The number of nitrogens with one attached hydrogen (secondary N) is 1. The molecule has 5 nitrogen and oxygen atoms in total. The smallest absolute Gasteiger partial charge is 0.332 e. The molecule has 5 heteroatoms. The maximum atomic E-state index is 11.1. The third-order valence-corrected chi connectivity index (χ3v) is 3.51. The van der Waals surface area contributed by atoms with Crippen molar-refractivity contribution in [3.8, 4) is 11.1 Å². The number of hydrogen-bond donors (Lipinski definition) is 3. The van der Waals surface area contributed by atoms with E-state index in [-0.39, 0.29) is 5.57 Å². The fraction of sp³-hybridized carbons (Fsp3) is 0.158. The van der Waals surface area contributed by atoms with Crippen LogP contribution in [0, 0.1) is 0 Å². The average Bonchev–Trinajstić information content (AvgIpc) is 2.55. The number of carboxylic acid groups (broad SMARTS) is 2. The van der Waals surface area contributed by atoms with E-state index in [0.29, 0.717) is 5.56 Å². The summed E-state index contributed by atoms with van der Waals surface area (Å²) in [6.45, 7) is 0.784. The van der Waals surface area contributed by atoms with Gasteiger partial charge >= 0.3 is 11.9 Å². The zero-order valence-corrected chi connectivity index (χ0v) is 13.3. The molecule has 0 bridgehead atoms. The van der Waals surface area contributed by atoms with E-state index in [1.807, 2.05) is 37.4 Å². The molecule has 0 heterocycles. The first kappa shape index (κ1) is 17.4. The molecule has 124 valence electrons. The fourth-order valence-corrected chi connectivity index (χ4v) is 2.39. The van der Waals surface area contributed by atoms with E-state index in [1.54, 1.807) is 12.1 Å². The summed E-state index contributed by atoms with van der Waals surface area (Å²) in [4.78, 5) is 21.8. The van der Waals surface area contributed by atoms with Gasteiger partial charge in [-0.15, -0.1) is 0 Å². The molecule has 0 aliphatic carbocycles. The number of rotatable bonds is 7. The molecular formula is C19H19NO4. The molecule has 0 spiro atoms. The van der Waals surface area contributed by atoms with Crippen molar-refractivity contribution in [2.45, 2.75) is 13.0 Å². The van der Waals surface area contributed by atoms with Gasteiger partial charge in [0.25, 0.3) is 0 Å². The minimum atomic E-state index is -1.22. The molecule has 0 fully saturated rings. The molecule has 0 saturated carbocycles. The molecule has 0 unspecified atom stereocenters. The minimum Gasteiger partial charge on any atom is -0.481 e. The van der Waals surface area contributed by atoms with Gasteiger partial charge in [0.1, 0.15) is 0 Å². The van der Waals surface area contributed by atoms with Gasteiger partial charge in [-0.25, -0.2) is 4.79 Å². The van der Waals surface area contributed by atoms with E-state index < -0.39 is 18.4 Å². The van der Waals surface area contributed by atoms with Crippen molar-refractivity contribution in [1.29, 1.82) is 0 Å². The summed E-state index contributed by atoms with van der Waals surface area (Å²) in [7, 11) is 1.89. The van der Waals surface area contributed by atoms with E-state index in [4.69, 9.17) is 10.2 Å². The first-order chi connectivity index (χ1) is 11.5. The molecule has 3 N–H and O–H groups in total. The zero-order valence-electron chi connectivity index (χ0n) is 13.3. The lowest BCUT2D eigenvalue weighted by molar-refractivity contribution is -0.139. The standard InChI is InChI=1S/C19H19NO4/c1-20-12-14-3-2-4-16(10-14)15-7-5-13(6-8-15)9-17(19(23)24)11-18(21)22/h2-10,20H,11-12H2,1H3,(H,21,22)(H,23,24). The largest absolute Gasteiger partial charge is 0.481 e. The molecule has 2 rings (SSSR count). The van der Waals surface area contributed by atoms with Gasteiger partial charge in [-0.2, -0.15) is 0 Å². The van der Waals surface area contributed by atoms with Gasteiger partial charge in [-0.05, 0) is 41.4 Å². The lowest BCUT2D eigenvalue weighted by atomic mass is 10.0. The summed E-state index contributed by atoms with van der Waals surface area (Å²) < 4.78 is 0. The second-order valence-electron chi connectivity index (χ2n) is 5.40. The Kier molecular flexibility index (Phi) is 5.87. The van der Waals surface area contributed by atoms with Crippen molar-refractivity contribution in [2.75, 3.05) is 7.05 Å². The SMILES string of the molecule is CNCc1cccc(-c2ccc(C=C(CC(=O)O)C(=O)O)cc2)c1. The quantitative estimate of drug-likeness (QED) is 0.681. The number of aliphatic carboxylic acids is 2. The summed E-state index contributed by atoms with van der Waals surface area (Å²) in [5, 5.41) is 20.9.